The van der Waals surface area contributed by atoms with Gasteiger partial charge in [-0.1, -0.05) is 0 Å². The minimum Gasteiger partial charge on any atom is -0.402 e. The molecule has 0 saturated carbocycles. The Morgan fingerprint density at radius 3 is 1.07 bits per heavy atom. The molecule has 14 heavy (non-hydrogen) atoms. The van der Waals surface area contributed by atoms with E-state index in [-0.39, 0.29) is 47.4 Å². The van der Waals surface area contributed by atoms with Crippen molar-refractivity contribution in [3.8, 4) is 0 Å². The Morgan fingerprint density at radius 2 is 0.929 bits per heavy atom. The van der Waals surface area contributed by atoms with Crippen LogP contribution >= 0.6 is 0 Å². The average Bonchev–Trinajstić information content (AvgIpc) is 1.80. The van der Waals surface area contributed by atoms with E-state index in [4.69, 9.17) is 32.3 Å². The Labute approximate surface area is 102 Å². The normalized spacial score (nSPS) is 7.93. The van der Waals surface area contributed by atoms with Crippen molar-refractivity contribution in [2.24, 2.45) is 0 Å². The Morgan fingerprint density at radius 1 is 0.786 bits per heavy atom. The molecule has 1 rings (SSSR count). The van der Waals surface area contributed by atoms with E-state index in [1.54, 1.807) is 0 Å². The molecular weight excluding hydrogens is 202 g/mol. The first-order valence-electron chi connectivity index (χ1n) is 2.98. The van der Waals surface area contributed by atoms with Crippen molar-refractivity contribution in [2.45, 2.75) is 0 Å². The van der Waals surface area contributed by atoms with Crippen molar-refractivity contribution in [3.63, 3.8) is 0 Å². The van der Waals surface area contributed by atoms with Gasteiger partial charge in [0.1, 0.15) is 0 Å². The van der Waals surface area contributed by atoms with Crippen molar-refractivity contribution in [1.29, 1.82) is 0 Å². The standard InChI is InChI=1S/C3H6N6.BH3O3.Na/c4-1-7-2(5)9-3(6)8-1;2-1(3)4;/h(H6,4,5,6,7,8,9);2-4H;. The first-order valence-corrected chi connectivity index (χ1v) is 2.98. The van der Waals surface area contributed by atoms with E-state index in [1.165, 1.54) is 0 Å². The van der Waals surface area contributed by atoms with Gasteiger partial charge in [-0.15, -0.1) is 0 Å². The van der Waals surface area contributed by atoms with Crippen LogP contribution in [0.25, 0.3) is 0 Å². The number of hydrogen-bond acceptors (Lipinski definition) is 9. The van der Waals surface area contributed by atoms with E-state index in [9.17, 15) is 0 Å². The van der Waals surface area contributed by atoms with Crippen molar-refractivity contribution in [1.82, 2.24) is 15.0 Å². The molecular formula is C3H9BN6NaO3. The molecule has 0 aromatic carbocycles. The first kappa shape index (κ1) is 15.8. The third kappa shape index (κ3) is 9.44. The van der Waals surface area contributed by atoms with Crippen LogP contribution < -0.4 is 17.2 Å². The van der Waals surface area contributed by atoms with Gasteiger partial charge in [0.05, 0.1) is 0 Å². The summed E-state index contributed by atoms with van der Waals surface area (Å²) in [5.41, 5.74) is 15.4. The topological polar surface area (TPSA) is 177 Å². The van der Waals surface area contributed by atoms with Crippen molar-refractivity contribution in [3.05, 3.63) is 0 Å². The molecule has 9 nitrogen and oxygen atoms in total. The number of hydrogen-bond donors (Lipinski definition) is 6. The fourth-order valence-corrected chi connectivity index (χ4v) is 0.427. The van der Waals surface area contributed by atoms with Crippen LogP contribution in [0.15, 0.2) is 0 Å². The SMILES string of the molecule is Nc1nc(N)nc(N)n1.OB(O)O.[Na]. The second kappa shape index (κ2) is 7.73. The largest absolute Gasteiger partial charge is 0.631 e. The Bertz CT molecular complexity index is 221. The molecule has 0 unspecified atom stereocenters. The van der Waals surface area contributed by atoms with E-state index < -0.39 is 7.32 Å². The zero-order valence-corrected chi connectivity index (χ0v) is 9.49. The van der Waals surface area contributed by atoms with E-state index >= 15 is 0 Å². The molecule has 0 aliphatic heterocycles. The summed E-state index contributed by atoms with van der Waals surface area (Å²) >= 11 is 0. The summed E-state index contributed by atoms with van der Waals surface area (Å²) in [6, 6.07) is 0. The van der Waals surface area contributed by atoms with Crippen LogP contribution in [0.4, 0.5) is 17.8 Å². The quantitative estimate of drug-likeness (QED) is 0.234. The molecule has 1 aromatic rings. The van der Waals surface area contributed by atoms with Gasteiger partial charge in [-0.05, 0) is 0 Å². The maximum Gasteiger partial charge on any atom is 0.631 e. The van der Waals surface area contributed by atoms with Crippen LogP contribution in [0.1, 0.15) is 0 Å². The van der Waals surface area contributed by atoms with Gasteiger partial charge in [0.2, 0.25) is 17.8 Å². The molecule has 73 valence electrons. The molecule has 1 aromatic heterocycles. The number of nitrogen functional groups attached to an aromatic ring is 3. The van der Waals surface area contributed by atoms with Crippen LogP contribution in [0.3, 0.4) is 0 Å². The second-order valence-corrected chi connectivity index (χ2v) is 1.76. The number of aromatic nitrogens is 3. The molecule has 0 spiro atoms. The van der Waals surface area contributed by atoms with Gasteiger partial charge in [-0.2, -0.15) is 15.0 Å². The minimum atomic E-state index is -2.17. The van der Waals surface area contributed by atoms with Crippen molar-refractivity contribution >= 4 is 54.7 Å². The van der Waals surface area contributed by atoms with Gasteiger partial charge in [0, 0.05) is 29.6 Å². The molecule has 9 N–H and O–H groups in total. The van der Waals surface area contributed by atoms with Crippen molar-refractivity contribution < 1.29 is 15.1 Å². The van der Waals surface area contributed by atoms with E-state index in [2.05, 4.69) is 15.0 Å². The summed E-state index contributed by atoms with van der Waals surface area (Å²) in [6.45, 7) is 0. The average molecular weight is 211 g/mol. The third-order valence-corrected chi connectivity index (χ3v) is 0.687. The van der Waals surface area contributed by atoms with Crippen LogP contribution in [0.2, 0.25) is 0 Å². The van der Waals surface area contributed by atoms with Crippen LogP contribution in [-0.2, 0) is 0 Å². The number of anilines is 3. The number of nitrogens with two attached hydrogens (primary N) is 3. The van der Waals surface area contributed by atoms with Gasteiger partial charge in [-0.3, -0.25) is 0 Å². The summed E-state index contributed by atoms with van der Waals surface area (Å²) in [6.07, 6.45) is 0. The predicted octanol–water partition coefficient (Wildman–Crippen LogP) is -3.81. The maximum absolute atomic E-state index is 7.17. The third-order valence-electron chi connectivity index (χ3n) is 0.687. The van der Waals surface area contributed by atoms with Gasteiger partial charge in [0.15, 0.2) is 0 Å². The minimum absolute atomic E-state index is 0. The first-order chi connectivity index (χ1) is 5.91. The summed E-state index contributed by atoms with van der Waals surface area (Å²) in [4.78, 5) is 10.5. The van der Waals surface area contributed by atoms with Gasteiger partial charge in [-0.25, -0.2) is 0 Å². The Kier molecular flexibility index (Phi) is 8.73. The molecule has 0 aliphatic rings. The second-order valence-electron chi connectivity index (χ2n) is 1.76. The van der Waals surface area contributed by atoms with Gasteiger partial charge >= 0.3 is 7.32 Å². The zero-order chi connectivity index (χ0) is 10.4. The molecule has 0 aliphatic carbocycles. The van der Waals surface area contributed by atoms with E-state index in [0.29, 0.717) is 0 Å². The molecule has 1 heterocycles. The van der Waals surface area contributed by atoms with E-state index in [1.807, 2.05) is 0 Å². The molecule has 11 heteroatoms. The molecule has 1 radical (unpaired) electrons. The molecule has 0 bridgehead atoms. The number of nitrogens with zero attached hydrogens (tertiary/aromatic N) is 3. The fourth-order valence-electron chi connectivity index (χ4n) is 0.427. The molecule has 0 saturated heterocycles. The molecule has 0 atom stereocenters. The summed E-state index contributed by atoms with van der Waals surface area (Å²) < 4.78 is 0. The summed E-state index contributed by atoms with van der Waals surface area (Å²) in [5, 5.41) is 21.5. The zero-order valence-electron chi connectivity index (χ0n) is 7.49. The van der Waals surface area contributed by atoms with Gasteiger partial charge < -0.3 is 32.3 Å². The molecule has 0 amide bonds. The summed E-state index contributed by atoms with van der Waals surface area (Å²) in [7, 11) is -2.17. The molecule has 0 fully saturated rings. The monoisotopic (exact) mass is 211 g/mol. The van der Waals surface area contributed by atoms with Crippen LogP contribution in [0, 0.1) is 0 Å². The smallest absolute Gasteiger partial charge is 0.402 e. The summed E-state index contributed by atoms with van der Waals surface area (Å²) in [5.74, 6) is 0.125. The van der Waals surface area contributed by atoms with Gasteiger partial charge in [0.25, 0.3) is 0 Å². The van der Waals surface area contributed by atoms with Crippen molar-refractivity contribution in [2.75, 3.05) is 17.2 Å². The number of rotatable bonds is 0. The Balaban J connectivity index is 0. The van der Waals surface area contributed by atoms with Crippen LogP contribution in [0.5, 0.6) is 0 Å². The maximum atomic E-state index is 7.17. The predicted molar refractivity (Wildman–Crippen MR) is 51.2 cm³/mol. The Hall–Kier alpha value is -0.645. The van der Waals surface area contributed by atoms with E-state index in [0.717, 1.165) is 0 Å². The fraction of sp³-hybridized carbons (Fsp3) is 0. The van der Waals surface area contributed by atoms with Crippen LogP contribution in [-0.4, -0.2) is 66.9 Å².